The monoisotopic (exact) mass is 295 g/mol. The lowest BCUT2D eigenvalue weighted by Gasteiger charge is -2.13. The van der Waals surface area contributed by atoms with Gasteiger partial charge in [0.25, 0.3) is 5.91 Å². The molecule has 1 unspecified atom stereocenters. The summed E-state index contributed by atoms with van der Waals surface area (Å²) in [6.45, 7) is 0.125. The number of primary amides is 1. The van der Waals surface area contributed by atoms with Crippen LogP contribution in [0.15, 0.2) is 24.3 Å². The largest absolute Gasteiger partial charge is 0.480 e. The molecule has 8 heteroatoms. The molecule has 0 saturated carbocycles. The molecule has 21 heavy (non-hydrogen) atoms. The smallest absolute Gasteiger partial charge is 0.328 e. The maximum atomic E-state index is 11.9. The summed E-state index contributed by atoms with van der Waals surface area (Å²) in [7, 11) is 1.35. The molecular weight excluding hydrogens is 278 g/mol. The molecule has 8 nitrogen and oxygen atoms in total. The van der Waals surface area contributed by atoms with Crippen LogP contribution < -0.4 is 16.4 Å². The number of carbonyl (C=O) groups excluding carboxylic acids is 2. The van der Waals surface area contributed by atoms with Crippen molar-refractivity contribution in [2.75, 3.05) is 13.7 Å². The van der Waals surface area contributed by atoms with E-state index >= 15 is 0 Å². The predicted molar refractivity (Wildman–Crippen MR) is 73.6 cm³/mol. The van der Waals surface area contributed by atoms with Gasteiger partial charge in [-0.05, 0) is 17.7 Å². The number of carboxylic acid groups (broad SMARTS) is 1. The second-order valence-electron chi connectivity index (χ2n) is 4.23. The molecule has 114 valence electrons. The van der Waals surface area contributed by atoms with Crippen molar-refractivity contribution in [3.63, 3.8) is 0 Å². The third-order valence-electron chi connectivity index (χ3n) is 2.62. The molecule has 1 atom stereocenters. The fourth-order valence-electron chi connectivity index (χ4n) is 1.55. The number of aliphatic carboxylic acids is 1. The molecule has 0 radical (unpaired) electrons. The molecule has 1 aromatic carbocycles. The van der Waals surface area contributed by atoms with Crippen LogP contribution in [0.5, 0.6) is 0 Å². The predicted octanol–water partition coefficient (Wildman–Crippen LogP) is -0.316. The molecule has 0 bridgehead atoms. The van der Waals surface area contributed by atoms with Crippen LogP contribution in [-0.4, -0.2) is 42.8 Å². The van der Waals surface area contributed by atoms with Crippen LogP contribution in [0.4, 0.5) is 4.79 Å². The van der Waals surface area contributed by atoms with Gasteiger partial charge in [-0.3, -0.25) is 4.79 Å². The molecule has 1 aromatic rings. The molecule has 1 rings (SSSR count). The van der Waals surface area contributed by atoms with E-state index in [4.69, 9.17) is 15.6 Å². The van der Waals surface area contributed by atoms with E-state index < -0.39 is 23.9 Å². The molecule has 0 heterocycles. The number of ether oxygens (including phenoxy) is 1. The second-order valence-corrected chi connectivity index (χ2v) is 4.23. The zero-order chi connectivity index (χ0) is 15.8. The highest BCUT2D eigenvalue weighted by Gasteiger charge is 2.20. The molecule has 5 N–H and O–H groups in total. The van der Waals surface area contributed by atoms with E-state index in [1.165, 1.54) is 19.2 Å². The average molecular weight is 295 g/mol. The first-order valence-electron chi connectivity index (χ1n) is 6.09. The summed E-state index contributed by atoms with van der Waals surface area (Å²) >= 11 is 0. The van der Waals surface area contributed by atoms with Crippen molar-refractivity contribution in [2.24, 2.45) is 5.73 Å². The van der Waals surface area contributed by atoms with E-state index in [0.29, 0.717) is 5.56 Å². The van der Waals surface area contributed by atoms with Gasteiger partial charge in [-0.25, -0.2) is 9.59 Å². The molecule has 0 aliphatic rings. The van der Waals surface area contributed by atoms with Crippen LogP contribution in [0.3, 0.4) is 0 Å². The van der Waals surface area contributed by atoms with Crippen LogP contribution in [0.25, 0.3) is 0 Å². The van der Waals surface area contributed by atoms with Crippen molar-refractivity contribution in [3.05, 3.63) is 35.4 Å². The lowest BCUT2D eigenvalue weighted by molar-refractivity contribution is -0.140. The highest BCUT2D eigenvalue weighted by Crippen LogP contribution is 2.05. The Morgan fingerprint density at radius 1 is 1.29 bits per heavy atom. The number of nitrogens with one attached hydrogen (secondary N) is 2. The number of rotatable bonds is 7. The maximum absolute atomic E-state index is 11.9. The van der Waals surface area contributed by atoms with Gasteiger partial charge in [-0.2, -0.15) is 0 Å². The third kappa shape index (κ3) is 5.49. The molecule has 0 saturated heterocycles. The Hall–Kier alpha value is -2.61. The first kappa shape index (κ1) is 16.4. The molecule has 0 aliphatic carbocycles. The molecule has 0 spiro atoms. The van der Waals surface area contributed by atoms with Crippen LogP contribution in [0, 0.1) is 0 Å². The highest BCUT2D eigenvalue weighted by atomic mass is 16.5. The van der Waals surface area contributed by atoms with Crippen molar-refractivity contribution >= 4 is 17.9 Å². The van der Waals surface area contributed by atoms with Crippen LogP contribution in [0.2, 0.25) is 0 Å². The Bertz CT molecular complexity index is 515. The van der Waals surface area contributed by atoms with Gasteiger partial charge < -0.3 is 26.2 Å². The van der Waals surface area contributed by atoms with Gasteiger partial charge in [-0.1, -0.05) is 12.1 Å². The summed E-state index contributed by atoms with van der Waals surface area (Å²) in [5, 5.41) is 13.7. The lowest BCUT2D eigenvalue weighted by atomic mass is 10.1. The lowest BCUT2D eigenvalue weighted by Crippen LogP contribution is -2.43. The van der Waals surface area contributed by atoms with E-state index in [0.717, 1.165) is 5.56 Å². The number of nitrogens with two attached hydrogens (primary N) is 1. The Kier molecular flexibility index (Phi) is 6.15. The molecule has 0 fully saturated rings. The van der Waals surface area contributed by atoms with E-state index in [-0.39, 0.29) is 13.2 Å². The first-order chi connectivity index (χ1) is 9.93. The van der Waals surface area contributed by atoms with E-state index in [2.05, 4.69) is 10.6 Å². The van der Waals surface area contributed by atoms with Gasteiger partial charge in [0.2, 0.25) is 0 Å². The van der Waals surface area contributed by atoms with Crippen molar-refractivity contribution < 1.29 is 24.2 Å². The SMILES string of the molecule is COCC(NC(=O)c1ccc(CNC(N)=O)cc1)C(=O)O. The molecule has 3 amide bonds. The number of hydrogen-bond acceptors (Lipinski definition) is 4. The number of methoxy groups -OCH3 is 1. The minimum atomic E-state index is -1.17. The molecule has 0 aliphatic heterocycles. The number of carbonyl (C=O) groups is 3. The highest BCUT2D eigenvalue weighted by molar-refractivity contribution is 5.96. The number of urea groups is 1. The van der Waals surface area contributed by atoms with Gasteiger partial charge in [0, 0.05) is 19.2 Å². The van der Waals surface area contributed by atoms with Crippen LogP contribution in [-0.2, 0) is 16.1 Å². The van der Waals surface area contributed by atoms with Crippen molar-refractivity contribution in [1.29, 1.82) is 0 Å². The average Bonchev–Trinajstić information content (AvgIpc) is 2.45. The number of hydrogen-bond donors (Lipinski definition) is 4. The fourth-order valence-corrected chi connectivity index (χ4v) is 1.55. The van der Waals surface area contributed by atoms with Gasteiger partial charge in [0.05, 0.1) is 6.61 Å². The second kappa shape index (κ2) is 7.85. The summed E-state index contributed by atoms with van der Waals surface area (Å²) in [6.07, 6.45) is 0. The Morgan fingerprint density at radius 2 is 1.90 bits per heavy atom. The van der Waals surface area contributed by atoms with Gasteiger partial charge in [0.1, 0.15) is 0 Å². The molecule has 0 aromatic heterocycles. The summed E-state index contributed by atoms with van der Waals surface area (Å²) < 4.78 is 4.73. The number of carboxylic acids is 1. The minimum absolute atomic E-state index is 0.123. The van der Waals surface area contributed by atoms with Gasteiger partial charge in [0.15, 0.2) is 6.04 Å². The zero-order valence-corrected chi connectivity index (χ0v) is 11.5. The zero-order valence-electron chi connectivity index (χ0n) is 11.5. The fraction of sp³-hybridized carbons (Fsp3) is 0.308. The Morgan fingerprint density at radius 3 is 2.38 bits per heavy atom. The van der Waals surface area contributed by atoms with Gasteiger partial charge >= 0.3 is 12.0 Å². The molecular formula is C13H17N3O5. The van der Waals surface area contributed by atoms with E-state index in [1.807, 2.05) is 0 Å². The summed E-state index contributed by atoms with van der Waals surface area (Å²) in [5.74, 6) is -1.69. The van der Waals surface area contributed by atoms with Gasteiger partial charge in [-0.15, -0.1) is 0 Å². The summed E-state index contributed by atoms with van der Waals surface area (Å²) in [4.78, 5) is 33.4. The first-order valence-corrected chi connectivity index (χ1v) is 6.09. The standard InChI is InChI=1S/C13H17N3O5/c1-21-7-10(12(18)19)16-11(17)9-4-2-8(3-5-9)6-15-13(14)20/h2-5,10H,6-7H2,1H3,(H,16,17)(H,18,19)(H3,14,15,20). The van der Waals surface area contributed by atoms with Crippen molar-refractivity contribution in [3.8, 4) is 0 Å². The Labute approximate surface area is 121 Å². The third-order valence-corrected chi connectivity index (χ3v) is 2.62. The van der Waals surface area contributed by atoms with Crippen molar-refractivity contribution in [2.45, 2.75) is 12.6 Å². The summed E-state index contributed by atoms with van der Waals surface area (Å²) in [5.41, 5.74) is 6.02. The maximum Gasteiger partial charge on any atom is 0.328 e. The van der Waals surface area contributed by atoms with Crippen LogP contribution >= 0.6 is 0 Å². The summed E-state index contributed by atoms with van der Waals surface area (Å²) in [6, 6.07) is 4.57. The van der Waals surface area contributed by atoms with E-state index in [1.54, 1.807) is 12.1 Å². The Balaban J connectivity index is 2.65. The topological polar surface area (TPSA) is 131 Å². The number of amides is 3. The normalized spacial score (nSPS) is 11.5. The van der Waals surface area contributed by atoms with Crippen LogP contribution in [0.1, 0.15) is 15.9 Å². The minimum Gasteiger partial charge on any atom is -0.480 e. The van der Waals surface area contributed by atoms with Crippen molar-refractivity contribution in [1.82, 2.24) is 10.6 Å². The quantitative estimate of drug-likeness (QED) is 0.548. The number of benzene rings is 1. The van der Waals surface area contributed by atoms with E-state index in [9.17, 15) is 14.4 Å².